The molecule has 0 radical (unpaired) electrons. The van der Waals surface area contributed by atoms with Crippen molar-refractivity contribution in [2.45, 2.75) is 11.4 Å². The van der Waals surface area contributed by atoms with Crippen LogP contribution in [0.15, 0.2) is 65.8 Å². The molecule has 0 saturated carbocycles. The summed E-state index contributed by atoms with van der Waals surface area (Å²) >= 11 is 0. The molecule has 0 spiro atoms. The lowest BCUT2D eigenvalue weighted by Gasteiger charge is -2.19. The number of ether oxygens (including phenoxy) is 1. The average Bonchev–Trinajstić information content (AvgIpc) is 3.11. The largest absolute Gasteiger partial charge is 0.383 e. The van der Waals surface area contributed by atoms with Crippen LogP contribution in [0.1, 0.15) is 16.2 Å². The Labute approximate surface area is 168 Å². The quantitative estimate of drug-likeness (QED) is 0.694. The molecule has 8 nitrogen and oxygen atoms in total. The van der Waals surface area contributed by atoms with Crippen molar-refractivity contribution in [1.82, 2.24) is 13.9 Å². The first-order chi connectivity index (χ1) is 14.0. The van der Waals surface area contributed by atoms with Crippen molar-refractivity contribution in [3.05, 3.63) is 72.3 Å². The summed E-state index contributed by atoms with van der Waals surface area (Å²) in [6, 6.07) is 15.7. The van der Waals surface area contributed by atoms with E-state index in [9.17, 15) is 13.2 Å². The Kier molecular flexibility index (Phi) is 5.18. The van der Waals surface area contributed by atoms with Crippen molar-refractivity contribution in [1.29, 1.82) is 0 Å². The first kappa shape index (κ1) is 19.3. The highest BCUT2D eigenvalue weighted by Gasteiger charge is 2.34. The van der Waals surface area contributed by atoms with Gasteiger partial charge in [0.15, 0.2) is 5.69 Å². The molecule has 29 heavy (non-hydrogen) atoms. The second-order valence-electron chi connectivity index (χ2n) is 6.53. The van der Waals surface area contributed by atoms with Crippen LogP contribution in [0.25, 0.3) is 5.69 Å². The van der Waals surface area contributed by atoms with E-state index in [1.165, 1.54) is 17.7 Å². The van der Waals surface area contributed by atoms with Crippen LogP contribution in [0.3, 0.4) is 0 Å². The third-order valence-corrected chi connectivity index (χ3v) is 6.62. The molecule has 0 fully saturated rings. The van der Waals surface area contributed by atoms with Crippen LogP contribution in [0.2, 0.25) is 0 Å². The molecule has 0 atom stereocenters. The van der Waals surface area contributed by atoms with Gasteiger partial charge in [-0.1, -0.05) is 30.3 Å². The lowest BCUT2D eigenvalue weighted by molar-refractivity contribution is 0.102. The summed E-state index contributed by atoms with van der Waals surface area (Å²) in [6.45, 7) is 0.414. The highest BCUT2D eigenvalue weighted by atomic mass is 32.2. The molecule has 0 bridgehead atoms. The van der Waals surface area contributed by atoms with Gasteiger partial charge in [-0.05, 0) is 24.3 Å². The van der Waals surface area contributed by atoms with Crippen molar-refractivity contribution in [3.8, 4) is 5.69 Å². The van der Waals surface area contributed by atoms with Crippen LogP contribution in [0.5, 0.6) is 0 Å². The third kappa shape index (κ3) is 3.55. The molecule has 0 saturated heterocycles. The number of para-hydroxylation sites is 2. The smallest absolute Gasteiger partial charge is 0.276 e. The van der Waals surface area contributed by atoms with Crippen molar-refractivity contribution in [3.63, 3.8) is 0 Å². The molecule has 150 valence electrons. The van der Waals surface area contributed by atoms with Crippen molar-refractivity contribution in [2.75, 3.05) is 25.6 Å². The number of hydrogen-bond donors (Lipinski definition) is 1. The van der Waals surface area contributed by atoms with Gasteiger partial charge in [-0.3, -0.25) is 9.36 Å². The number of carbonyl (C=O) groups excluding carboxylic acids is 1. The molecule has 2 heterocycles. The number of rotatable bonds is 5. The molecule has 1 aromatic heterocycles. The minimum Gasteiger partial charge on any atom is -0.383 e. The minimum atomic E-state index is -3.76. The van der Waals surface area contributed by atoms with E-state index in [0.29, 0.717) is 17.1 Å². The van der Waals surface area contributed by atoms with E-state index in [4.69, 9.17) is 4.74 Å². The Hall–Kier alpha value is -3.01. The number of benzene rings is 2. The van der Waals surface area contributed by atoms with Crippen LogP contribution < -0.4 is 5.32 Å². The zero-order chi connectivity index (χ0) is 20.4. The van der Waals surface area contributed by atoms with E-state index >= 15 is 0 Å². The van der Waals surface area contributed by atoms with Crippen LogP contribution in [-0.4, -0.2) is 48.4 Å². The minimum absolute atomic E-state index is 0.0118. The average molecular weight is 412 g/mol. The van der Waals surface area contributed by atoms with Gasteiger partial charge < -0.3 is 10.1 Å². The standard InChI is InChI=1S/C20H20N4O4S/c1-28-12-11-23-13-17-19(20(25)22-15-7-3-2-4-8-15)21-14-24(17)16-9-5-6-10-18(16)29(23,26)27/h2-10,14H,11-13H2,1H3,(H,22,25). The fourth-order valence-corrected chi connectivity index (χ4v) is 4.86. The van der Waals surface area contributed by atoms with Gasteiger partial charge in [0.1, 0.15) is 11.2 Å². The van der Waals surface area contributed by atoms with Crippen molar-refractivity contribution < 1.29 is 17.9 Å². The third-order valence-electron chi connectivity index (χ3n) is 4.73. The molecular formula is C20H20N4O4S. The predicted octanol–water partition coefficient (Wildman–Crippen LogP) is 2.28. The molecule has 2 aromatic carbocycles. The van der Waals surface area contributed by atoms with Crippen molar-refractivity contribution in [2.24, 2.45) is 0 Å². The zero-order valence-corrected chi connectivity index (χ0v) is 16.6. The summed E-state index contributed by atoms with van der Waals surface area (Å²) in [4.78, 5) is 17.3. The molecule has 1 aliphatic heterocycles. The fourth-order valence-electron chi connectivity index (χ4n) is 3.29. The normalized spacial score (nSPS) is 15.2. The van der Waals surface area contributed by atoms with Crippen LogP contribution >= 0.6 is 0 Å². The van der Waals surface area contributed by atoms with Crippen molar-refractivity contribution >= 4 is 21.6 Å². The predicted molar refractivity (Wildman–Crippen MR) is 107 cm³/mol. The molecule has 0 unspecified atom stereocenters. The molecule has 4 rings (SSSR count). The van der Waals surface area contributed by atoms with Crippen LogP contribution in [-0.2, 0) is 21.3 Å². The molecule has 0 aliphatic carbocycles. The monoisotopic (exact) mass is 412 g/mol. The Balaban J connectivity index is 1.80. The number of amides is 1. The number of hydrogen-bond acceptors (Lipinski definition) is 5. The van der Waals surface area contributed by atoms with E-state index in [2.05, 4.69) is 10.3 Å². The summed E-state index contributed by atoms with van der Waals surface area (Å²) in [6.07, 6.45) is 1.49. The topological polar surface area (TPSA) is 93.5 Å². The Morgan fingerprint density at radius 1 is 1.14 bits per heavy atom. The Morgan fingerprint density at radius 2 is 1.86 bits per heavy atom. The van der Waals surface area contributed by atoms with Gasteiger partial charge in [-0.2, -0.15) is 4.31 Å². The van der Waals surface area contributed by atoms with E-state index in [1.54, 1.807) is 41.0 Å². The second-order valence-corrected chi connectivity index (χ2v) is 8.44. The maximum Gasteiger partial charge on any atom is 0.276 e. The summed E-state index contributed by atoms with van der Waals surface area (Å²) in [5.74, 6) is -0.395. The Morgan fingerprint density at radius 3 is 2.62 bits per heavy atom. The lowest BCUT2D eigenvalue weighted by atomic mass is 10.2. The molecule has 3 aromatic rings. The molecular weight excluding hydrogens is 392 g/mol. The maximum atomic E-state index is 13.2. The SMILES string of the molecule is COCCN1Cc2c(C(=O)Nc3ccccc3)ncn2-c2ccccc2S1(=O)=O. The highest BCUT2D eigenvalue weighted by molar-refractivity contribution is 7.89. The van der Waals surface area contributed by atoms with Gasteiger partial charge in [0, 0.05) is 19.3 Å². The number of sulfonamides is 1. The number of carbonyl (C=O) groups is 1. The van der Waals surface area contributed by atoms with Gasteiger partial charge in [-0.15, -0.1) is 0 Å². The van der Waals surface area contributed by atoms with Gasteiger partial charge >= 0.3 is 0 Å². The summed E-state index contributed by atoms with van der Waals surface area (Å²) < 4.78 is 34.5. The number of aromatic nitrogens is 2. The number of fused-ring (bicyclic) bond motifs is 3. The van der Waals surface area contributed by atoms with Gasteiger partial charge in [-0.25, -0.2) is 13.4 Å². The highest BCUT2D eigenvalue weighted by Crippen LogP contribution is 2.31. The Bertz CT molecular complexity index is 1140. The van der Waals surface area contributed by atoms with E-state index < -0.39 is 15.9 Å². The number of anilines is 1. The van der Waals surface area contributed by atoms with Crippen LogP contribution in [0.4, 0.5) is 5.69 Å². The second kappa shape index (κ2) is 7.78. The van der Waals surface area contributed by atoms with E-state index in [0.717, 1.165) is 0 Å². The fraction of sp³-hybridized carbons (Fsp3) is 0.200. The van der Waals surface area contributed by atoms with E-state index in [-0.39, 0.29) is 30.3 Å². The molecule has 1 amide bonds. The molecule has 1 aliphatic rings. The lowest BCUT2D eigenvalue weighted by Crippen LogP contribution is -2.33. The summed E-state index contributed by atoms with van der Waals surface area (Å²) in [5, 5.41) is 2.81. The number of methoxy groups -OCH3 is 1. The summed E-state index contributed by atoms with van der Waals surface area (Å²) in [7, 11) is -2.24. The molecule has 1 N–H and O–H groups in total. The first-order valence-corrected chi connectivity index (χ1v) is 10.5. The van der Waals surface area contributed by atoms with Gasteiger partial charge in [0.25, 0.3) is 5.91 Å². The number of nitrogens with zero attached hydrogens (tertiary/aromatic N) is 3. The van der Waals surface area contributed by atoms with Gasteiger partial charge in [0.2, 0.25) is 10.0 Å². The molecule has 9 heteroatoms. The number of imidazole rings is 1. The van der Waals surface area contributed by atoms with Crippen LogP contribution in [0, 0.1) is 0 Å². The zero-order valence-electron chi connectivity index (χ0n) is 15.8. The van der Waals surface area contributed by atoms with E-state index in [1.807, 2.05) is 18.2 Å². The summed E-state index contributed by atoms with van der Waals surface area (Å²) in [5.41, 5.74) is 1.79. The first-order valence-electron chi connectivity index (χ1n) is 9.03. The maximum absolute atomic E-state index is 13.2. The van der Waals surface area contributed by atoms with Gasteiger partial charge in [0.05, 0.1) is 24.5 Å². The number of nitrogens with one attached hydrogen (secondary N) is 1.